The van der Waals surface area contributed by atoms with Crippen LogP contribution in [-0.2, 0) is 30.9 Å². The van der Waals surface area contributed by atoms with Crippen molar-refractivity contribution in [2.75, 3.05) is 19.8 Å². The van der Waals surface area contributed by atoms with E-state index in [1.807, 2.05) is 44.2 Å². The fourth-order valence-electron chi connectivity index (χ4n) is 4.09. The average Bonchev–Trinajstić information content (AvgIpc) is 2.73. The summed E-state index contributed by atoms with van der Waals surface area (Å²) in [6.07, 6.45) is 1.80. The quantitative estimate of drug-likeness (QED) is 0.253. The first kappa shape index (κ1) is 28.6. The van der Waals surface area contributed by atoms with E-state index < -0.39 is 13.4 Å². The van der Waals surface area contributed by atoms with Gasteiger partial charge in [0, 0.05) is 0 Å². The van der Waals surface area contributed by atoms with Crippen LogP contribution in [0.3, 0.4) is 0 Å². The summed E-state index contributed by atoms with van der Waals surface area (Å²) in [7, 11) is -3.52. The summed E-state index contributed by atoms with van der Waals surface area (Å²) in [5.41, 5.74) is 3.15. The highest BCUT2D eigenvalue weighted by atomic mass is 31.2. The van der Waals surface area contributed by atoms with Crippen molar-refractivity contribution in [2.24, 2.45) is 0 Å². The van der Waals surface area contributed by atoms with Crippen LogP contribution in [0.25, 0.3) is 0 Å². The number of rotatable bonds is 11. The first-order chi connectivity index (χ1) is 15.8. The molecule has 2 aromatic rings. The van der Waals surface area contributed by atoms with E-state index in [1.54, 1.807) is 0 Å². The molecule has 2 rings (SSSR count). The largest absolute Gasteiger partial charge is 0.507 e. The van der Waals surface area contributed by atoms with Gasteiger partial charge in [-0.15, -0.1) is 0 Å². The van der Waals surface area contributed by atoms with E-state index in [0.717, 1.165) is 29.5 Å². The molecule has 0 amide bonds. The number of benzene rings is 2. The van der Waals surface area contributed by atoms with Crippen molar-refractivity contribution in [3.63, 3.8) is 0 Å². The van der Waals surface area contributed by atoms with Gasteiger partial charge in [0.1, 0.15) is 11.5 Å². The maximum absolute atomic E-state index is 14.0. The molecule has 6 heteroatoms. The molecule has 2 N–H and O–H groups in total. The average molecular weight is 490 g/mol. The second-order valence-corrected chi connectivity index (χ2v) is 12.9. The van der Waals surface area contributed by atoms with Gasteiger partial charge in [0.2, 0.25) is 0 Å². The number of hydrogen-bond donors (Lipinski definition) is 2. The normalized spacial score (nSPS) is 13.8. The summed E-state index contributed by atoms with van der Waals surface area (Å²) in [4.78, 5) is 0. The molecule has 0 heterocycles. The highest BCUT2D eigenvalue weighted by Crippen LogP contribution is 2.60. The van der Waals surface area contributed by atoms with Gasteiger partial charge in [-0.2, -0.15) is 0 Å². The number of phenolic OH excluding ortho intramolecular Hbond substituents is 1. The number of hydrogen-bond acceptors (Lipinski definition) is 5. The number of nitrogens with one attached hydrogen (secondary N) is 1. The predicted molar refractivity (Wildman–Crippen MR) is 142 cm³/mol. The van der Waals surface area contributed by atoms with Crippen molar-refractivity contribution < 1.29 is 18.7 Å². The van der Waals surface area contributed by atoms with Crippen molar-refractivity contribution in [3.8, 4) is 5.75 Å². The summed E-state index contributed by atoms with van der Waals surface area (Å²) in [5, 5.41) is 14.7. The van der Waals surface area contributed by atoms with Gasteiger partial charge in [-0.1, -0.05) is 71.9 Å². The smallest absolute Gasteiger partial charge is 0.351 e. The Bertz CT molecular complexity index is 916. The Morgan fingerprint density at radius 3 is 1.85 bits per heavy atom. The van der Waals surface area contributed by atoms with Crippen LogP contribution in [0.1, 0.15) is 89.8 Å². The van der Waals surface area contributed by atoms with Gasteiger partial charge in [0.05, 0.1) is 13.2 Å². The van der Waals surface area contributed by atoms with Crippen molar-refractivity contribution in [1.82, 2.24) is 5.32 Å². The zero-order chi connectivity index (χ0) is 25.6. The fraction of sp³-hybridized carbons (Fsp3) is 0.571. The predicted octanol–water partition coefficient (Wildman–Crippen LogP) is 7.47. The van der Waals surface area contributed by atoms with Crippen molar-refractivity contribution in [1.29, 1.82) is 0 Å². The molecule has 1 atom stereocenters. The minimum atomic E-state index is -3.52. The summed E-state index contributed by atoms with van der Waals surface area (Å²) in [6.45, 7) is 17.3. The van der Waals surface area contributed by atoms with E-state index in [0.29, 0.717) is 12.3 Å². The van der Waals surface area contributed by atoms with Crippen LogP contribution >= 0.6 is 7.60 Å². The molecular formula is C28H44NO4P. The van der Waals surface area contributed by atoms with Crippen LogP contribution in [-0.4, -0.2) is 24.9 Å². The van der Waals surface area contributed by atoms with Gasteiger partial charge < -0.3 is 14.2 Å². The summed E-state index contributed by atoms with van der Waals surface area (Å²) in [5.74, 6) is -0.333. The van der Waals surface area contributed by atoms with Gasteiger partial charge >= 0.3 is 7.60 Å². The third-order valence-electron chi connectivity index (χ3n) is 5.82. The monoisotopic (exact) mass is 489 g/mol. The van der Waals surface area contributed by atoms with E-state index in [9.17, 15) is 9.67 Å². The molecule has 0 aliphatic carbocycles. The molecule has 0 saturated carbocycles. The number of aromatic hydroxyl groups is 1. The molecule has 0 saturated heterocycles. The minimum absolute atomic E-state index is 0.288. The lowest BCUT2D eigenvalue weighted by Crippen LogP contribution is -2.26. The molecule has 0 aliphatic heterocycles. The SMILES string of the molecule is CCOP(=O)(OCC)C(NCCCc1ccccc1)c1cc(C(C)(C)C)c(O)c(C(C)(C)C)c1. The summed E-state index contributed by atoms with van der Waals surface area (Å²) >= 11 is 0. The van der Waals surface area contributed by atoms with Crippen LogP contribution in [0.15, 0.2) is 42.5 Å². The molecule has 5 nitrogen and oxygen atoms in total. The molecule has 34 heavy (non-hydrogen) atoms. The Morgan fingerprint density at radius 1 is 0.912 bits per heavy atom. The summed E-state index contributed by atoms with van der Waals surface area (Å²) in [6, 6.07) is 14.3. The Morgan fingerprint density at radius 2 is 1.41 bits per heavy atom. The molecule has 2 aromatic carbocycles. The first-order valence-electron chi connectivity index (χ1n) is 12.4. The van der Waals surface area contributed by atoms with Crippen LogP contribution in [0.4, 0.5) is 0 Å². The second kappa shape index (κ2) is 11.9. The van der Waals surface area contributed by atoms with Gasteiger partial charge in [-0.3, -0.25) is 9.88 Å². The third-order valence-corrected chi connectivity index (χ3v) is 8.17. The highest BCUT2D eigenvalue weighted by molar-refractivity contribution is 7.54. The molecule has 190 valence electrons. The van der Waals surface area contributed by atoms with E-state index in [2.05, 4.69) is 59.0 Å². The van der Waals surface area contributed by atoms with Crippen LogP contribution in [0.5, 0.6) is 5.75 Å². The number of aryl methyl sites for hydroxylation is 1. The Hall–Kier alpha value is -1.65. The topological polar surface area (TPSA) is 67.8 Å². The zero-order valence-corrected chi connectivity index (χ0v) is 23.2. The van der Waals surface area contributed by atoms with Crippen molar-refractivity contribution >= 4 is 7.60 Å². The zero-order valence-electron chi connectivity index (χ0n) is 22.3. The molecule has 1 unspecified atom stereocenters. The Balaban J connectivity index is 2.51. The van der Waals surface area contributed by atoms with Gasteiger partial charge in [-0.25, -0.2) is 0 Å². The molecule has 0 fully saturated rings. The molecule has 0 spiro atoms. The second-order valence-electron chi connectivity index (χ2n) is 10.8. The van der Waals surface area contributed by atoms with Gasteiger partial charge in [0.15, 0.2) is 0 Å². The molecular weight excluding hydrogens is 445 g/mol. The Labute approximate surface area is 206 Å². The van der Waals surface area contributed by atoms with Gasteiger partial charge in [0.25, 0.3) is 0 Å². The van der Waals surface area contributed by atoms with E-state index in [1.165, 1.54) is 5.56 Å². The maximum atomic E-state index is 14.0. The number of phenols is 1. The lowest BCUT2D eigenvalue weighted by Gasteiger charge is -2.32. The van der Waals surface area contributed by atoms with E-state index in [-0.39, 0.29) is 24.0 Å². The molecule has 0 bridgehead atoms. The lowest BCUT2D eigenvalue weighted by atomic mass is 9.78. The highest BCUT2D eigenvalue weighted by Gasteiger charge is 2.38. The Kier molecular flexibility index (Phi) is 9.97. The van der Waals surface area contributed by atoms with Crippen LogP contribution in [0.2, 0.25) is 0 Å². The molecule has 0 aliphatic rings. The van der Waals surface area contributed by atoms with Crippen molar-refractivity contribution in [2.45, 2.75) is 84.8 Å². The van der Waals surface area contributed by atoms with Crippen molar-refractivity contribution in [3.05, 3.63) is 64.7 Å². The molecule has 0 aromatic heterocycles. The van der Waals surface area contributed by atoms with E-state index in [4.69, 9.17) is 9.05 Å². The first-order valence-corrected chi connectivity index (χ1v) is 14.0. The summed E-state index contributed by atoms with van der Waals surface area (Å²) < 4.78 is 25.6. The standard InChI is InChI=1S/C28H44NO4P/c1-9-32-34(31,33-10-2)26(29-18-14-17-21-15-12-11-13-16-21)22-19-23(27(3,4)5)25(30)24(20-22)28(6,7)8/h11-13,15-16,19-20,26,29-30H,9-10,14,17-18H2,1-8H3. The third kappa shape index (κ3) is 7.42. The maximum Gasteiger partial charge on any atom is 0.351 e. The fourth-order valence-corrected chi connectivity index (χ4v) is 6.05. The van der Waals surface area contributed by atoms with Gasteiger partial charge in [-0.05, 0) is 78.5 Å². The lowest BCUT2D eigenvalue weighted by molar-refractivity contribution is 0.207. The van der Waals surface area contributed by atoms with Crippen LogP contribution < -0.4 is 5.32 Å². The molecule has 0 radical (unpaired) electrons. The minimum Gasteiger partial charge on any atom is -0.507 e. The van der Waals surface area contributed by atoms with Crippen LogP contribution in [0, 0.1) is 0 Å². The van der Waals surface area contributed by atoms with E-state index >= 15 is 0 Å².